The van der Waals surface area contributed by atoms with Gasteiger partial charge < -0.3 is 25.3 Å². The van der Waals surface area contributed by atoms with E-state index in [-0.39, 0.29) is 18.2 Å². The van der Waals surface area contributed by atoms with E-state index in [1.54, 1.807) is 24.3 Å². The molecule has 0 fully saturated rings. The first-order valence-corrected chi connectivity index (χ1v) is 7.45. The number of guanidine groups is 1. The lowest BCUT2D eigenvalue weighted by atomic mass is 10.2. The number of rotatable bonds is 6. The number of nitrogens with zero attached hydrogens (tertiary/aromatic N) is 1. The Kier molecular flexibility index (Phi) is 6.16. The smallest absolute Gasteiger partial charge is 0.493 e. The van der Waals surface area contributed by atoms with Crippen molar-refractivity contribution in [2.24, 2.45) is 10.7 Å². The predicted molar refractivity (Wildman–Crippen MR) is 91.6 cm³/mol. The van der Waals surface area contributed by atoms with Crippen LogP contribution in [-0.4, -0.2) is 26.5 Å². The van der Waals surface area contributed by atoms with Crippen molar-refractivity contribution < 1.29 is 27.4 Å². The maximum atomic E-state index is 12.4. The van der Waals surface area contributed by atoms with Gasteiger partial charge >= 0.3 is 6.36 Å². The molecule has 0 unspecified atom stereocenters. The van der Waals surface area contributed by atoms with E-state index in [2.05, 4.69) is 15.0 Å². The lowest BCUT2D eigenvalue weighted by Crippen LogP contribution is -2.24. The number of halogens is 3. The van der Waals surface area contributed by atoms with Gasteiger partial charge in [-0.15, -0.1) is 13.2 Å². The van der Waals surface area contributed by atoms with Gasteiger partial charge in [0, 0.05) is 5.56 Å². The van der Waals surface area contributed by atoms with Crippen LogP contribution in [0.25, 0.3) is 0 Å². The molecule has 0 amide bonds. The fraction of sp³-hybridized carbons (Fsp3) is 0.235. The molecule has 0 radical (unpaired) electrons. The van der Waals surface area contributed by atoms with Gasteiger partial charge in [-0.05, 0) is 18.2 Å². The maximum absolute atomic E-state index is 12.4. The zero-order valence-electron chi connectivity index (χ0n) is 14.1. The molecule has 3 N–H and O–H groups in total. The van der Waals surface area contributed by atoms with Crippen molar-refractivity contribution in [3.8, 4) is 17.2 Å². The van der Waals surface area contributed by atoms with E-state index in [4.69, 9.17) is 15.2 Å². The molecule has 0 aliphatic heterocycles. The summed E-state index contributed by atoms with van der Waals surface area (Å²) in [5.74, 6) is 0.563. The highest BCUT2D eigenvalue weighted by Crippen LogP contribution is 2.32. The third-order valence-electron chi connectivity index (χ3n) is 3.28. The topological polar surface area (TPSA) is 78.1 Å². The molecule has 0 aromatic heterocycles. The van der Waals surface area contributed by atoms with Crippen molar-refractivity contribution in [2.75, 3.05) is 19.5 Å². The lowest BCUT2D eigenvalue weighted by Gasteiger charge is -2.14. The number of nitrogens with two attached hydrogens (primary N) is 1. The Morgan fingerprint density at radius 2 is 1.73 bits per heavy atom. The number of anilines is 1. The Bertz CT molecular complexity index is 779. The minimum atomic E-state index is -4.81. The Morgan fingerprint density at radius 3 is 2.38 bits per heavy atom. The van der Waals surface area contributed by atoms with E-state index >= 15 is 0 Å². The van der Waals surface area contributed by atoms with Crippen molar-refractivity contribution in [3.05, 3.63) is 48.0 Å². The van der Waals surface area contributed by atoms with Gasteiger partial charge in [-0.3, -0.25) is 0 Å². The molecule has 2 aromatic rings. The van der Waals surface area contributed by atoms with Gasteiger partial charge in [0.1, 0.15) is 0 Å². The van der Waals surface area contributed by atoms with E-state index in [0.717, 1.165) is 0 Å². The summed E-state index contributed by atoms with van der Waals surface area (Å²) in [4.78, 5) is 4.12. The summed E-state index contributed by atoms with van der Waals surface area (Å²) in [6.45, 7) is 0.140. The molecule has 9 heteroatoms. The van der Waals surface area contributed by atoms with Crippen LogP contribution in [-0.2, 0) is 6.54 Å². The van der Waals surface area contributed by atoms with E-state index in [1.807, 2.05) is 0 Å². The molecular formula is C17H18F3N3O3. The molecule has 0 spiro atoms. The predicted octanol–water partition coefficient (Wildman–Crippen LogP) is 3.53. The molecule has 0 bridgehead atoms. The highest BCUT2D eigenvalue weighted by Gasteiger charge is 2.32. The largest absolute Gasteiger partial charge is 0.573 e. The van der Waals surface area contributed by atoms with E-state index in [9.17, 15) is 13.2 Å². The number of ether oxygens (including phenoxy) is 3. The second-order valence-corrected chi connectivity index (χ2v) is 5.02. The van der Waals surface area contributed by atoms with Gasteiger partial charge in [0.05, 0.1) is 26.5 Å². The Balaban J connectivity index is 2.15. The highest BCUT2D eigenvalue weighted by molar-refractivity contribution is 5.93. The van der Waals surface area contributed by atoms with Crippen molar-refractivity contribution in [2.45, 2.75) is 12.9 Å². The Morgan fingerprint density at radius 1 is 1.04 bits per heavy atom. The summed E-state index contributed by atoms with van der Waals surface area (Å²) in [5.41, 5.74) is 6.53. The van der Waals surface area contributed by atoms with Crippen molar-refractivity contribution in [1.29, 1.82) is 0 Å². The number of hydrogen-bond donors (Lipinski definition) is 2. The molecule has 0 saturated heterocycles. The van der Waals surface area contributed by atoms with Crippen LogP contribution in [0.3, 0.4) is 0 Å². The Labute approximate surface area is 148 Å². The molecule has 0 aliphatic carbocycles. The van der Waals surface area contributed by atoms with Crippen LogP contribution in [0.1, 0.15) is 5.56 Å². The number of aliphatic imine (C=N–C) groups is 1. The molecular weight excluding hydrogens is 351 g/mol. The molecule has 0 aliphatic rings. The fourth-order valence-corrected chi connectivity index (χ4v) is 2.21. The number of nitrogens with one attached hydrogen (secondary N) is 1. The minimum absolute atomic E-state index is 0.0451. The zero-order chi connectivity index (χ0) is 19.2. The Hall–Kier alpha value is -3.10. The van der Waals surface area contributed by atoms with Crippen molar-refractivity contribution in [1.82, 2.24) is 0 Å². The average molecular weight is 369 g/mol. The highest BCUT2D eigenvalue weighted by atomic mass is 19.4. The van der Waals surface area contributed by atoms with Gasteiger partial charge in [-0.25, -0.2) is 4.99 Å². The fourth-order valence-electron chi connectivity index (χ4n) is 2.21. The van der Waals surface area contributed by atoms with Crippen molar-refractivity contribution >= 4 is 11.6 Å². The molecule has 6 nitrogen and oxygen atoms in total. The number of benzene rings is 2. The molecule has 26 heavy (non-hydrogen) atoms. The number of hydrogen-bond acceptors (Lipinski definition) is 4. The standard InChI is InChI=1S/C17H18F3N3O3/c1-24-14-9-5-6-11(15(14)25-2)10-22-16(21)23-12-7-3-4-8-13(12)26-17(18,19)20/h3-9H,10H2,1-2H3,(H3,21,22,23). The molecule has 2 rings (SSSR count). The summed E-state index contributed by atoms with van der Waals surface area (Å²) in [7, 11) is 3.01. The summed E-state index contributed by atoms with van der Waals surface area (Å²) < 4.78 is 51.8. The van der Waals surface area contributed by atoms with E-state index < -0.39 is 12.1 Å². The van der Waals surface area contributed by atoms with Crippen LogP contribution in [0.15, 0.2) is 47.5 Å². The zero-order valence-corrected chi connectivity index (χ0v) is 14.1. The molecule has 2 aromatic carbocycles. The third-order valence-corrected chi connectivity index (χ3v) is 3.28. The third kappa shape index (κ3) is 5.20. The molecule has 0 heterocycles. The first kappa shape index (κ1) is 19.2. The van der Waals surface area contributed by atoms with E-state index in [0.29, 0.717) is 17.1 Å². The van der Waals surface area contributed by atoms with Crippen LogP contribution < -0.4 is 25.3 Å². The maximum Gasteiger partial charge on any atom is 0.573 e. The van der Waals surface area contributed by atoms with Crippen molar-refractivity contribution in [3.63, 3.8) is 0 Å². The first-order chi connectivity index (χ1) is 12.3. The van der Waals surface area contributed by atoms with Gasteiger partial charge in [0.15, 0.2) is 23.2 Å². The van der Waals surface area contributed by atoms with Gasteiger partial charge in [-0.1, -0.05) is 24.3 Å². The van der Waals surface area contributed by atoms with Gasteiger partial charge in [-0.2, -0.15) is 0 Å². The summed E-state index contributed by atoms with van der Waals surface area (Å²) in [6, 6.07) is 10.8. The van der Waals surface area contributed by atoms with Gasteiger partial charge in [0.2, 0.25) is 0 Å². The minimum Gasteiger partial charge on any atom is -0.493 e. The number of para-hydroxylation sites is 3. The number of methoxy groups -OCH3 is 2. The molecule has 140 valence electrons. The quantitative estimate of drug-likeness (QED) is 0.602. The first-order valence-electron chi connectivity index (χ1n) is 7.45. The van der Waals surface area contributed by atoms with Crippen LogP contribution >= 0.6 is 0 Å². The second-order valence-electron chi connectivity index (χ2n) is 5.02. The van der Waals surface area contributed by atoms with Crippen LogP contribution in [0.2, 0.25) is 0 Å². The normalized spacial score (nSPS) is 11.8. The van der Waals surface area contributed by atoms with Crippen LogP contribution in [0.5, 0.6) is 17.2 Å². The van der Waals surface area contributed by atoms with Crippen LogP contribution in [0.4, 0.5) is 18.9 Å². The lowest BCUT2D eigenvalue weighted by molar-refractivity contribution is -0.274. The monoisotopic (exact) mass is 369 g/mol. The van der Waals surface area contributed by atoms with Gasteiger partial charge in [0.25, 0.3) is 0 Å². The SMILES string of the molecule is COc1cccc(CN=C(N)Nc2ccccc2OC(F)(F)F)c1OC. The average Bonchev–Trinajstić information content (AvgIpc) is 2.60. The number of alkyl halides is 3. The summed E-state index contributed by atoms with van der Waals surface area (Å²) in [5, 5.41) is 2.60. The molecule has 0 atom stereocenters. The second kappa shape index (κ2) is 8.32. The van der Waals surface area contributed by atoms with Crippen LogP contribution in [0, 0.1) is 0 Å². The molecule has 0 saturated carbocycles. The summed E-state index contributed by atoms with van der Waals surface area (Å²) >= 11 is 0. The summed E-state index contributed by atoms with van der Waals surface area (Å²) in [6.07, 6.45) is -4.81. The van der Waals surface area contributed by atoms with E-state index in [1.165, 1.54) is 32.4 Å².